The highest BCUT2D eigenvalue weighted by atomic mass is 35.5. The third kappa shape index (κ3) is 4.69. The van der Waals surface area contributed by atoms with Gasteiger partial charge in [0.25, 0.3) is 0 Å². The molecule has 2 N–H and O–H groups in total. The molecule has 7 heteroatoms. The maximum absolute atomic E-state index is 11.5. The lowest BCUT2D eigenvalue weighted by molar-refractivity contribution is -0.0221. The van der Waals surface area contributed by atoms with Gasteiger partial charge in [-0.1, -0.05) is 48.0 Å². The van der Waals surface area contributed by atoms with Gasteiger partial charge in [-0.15, -0.1) is 5.11 Å². The Bertz CT molecular complexity index is 1140. The number of benzene rings is 2. The van der Waals surface area contributed by atoms with Crippen LogP contribution >= 0.6 is 11.6 Å². The minimum Gasteiger partial charge on any atom is -0.390 e. The summed E-state index contributed by atoms with van der Waals surface area (Å²) in [5.41, 5.74) is 12.1. The van der Waals surface area contributed by atoms with Crippen molar-refractivity contribution < 1.29 is 5.11 Å². The van der Waals surface area contributed by atoms with Gasteiger partial charge in [0.15, 0.2) is 5.82 Å². The van der Waals surface area contributed by atoms with E-state index in [1.54, 1.807) is 0 Å². The number of nitrogens with one attached hydrogen (secondary N) is 1. The Morgan fingerprint density at radius 3 is 2.61 bits per heavy atom. The van der Waals surface area contributed by atoms with Crippen LogP contribution in [0.4, 0.5) is 5.82 Å². The molecule has 0 unspecified atom stereocenters. The summed E-state index contributed by atoms with van der Waals surface area (Å²) in [6, 6.07) is 16.7. The van der Waals surface area contributed by atoms with Crippen LogP contribution in [0.25, 0.3) is 11.1 Å². The average Bonchev–Trinajstić information content (AvgIpc) is 2.84. The molecule has 1 fully saturated rings. The minimum absolute atomic E-state index is 0.441. The van der Waals surface area contributed by atoms with Crippen molar-refractivity contribution in [2.45, 2.75) is 56.7 Å². The van der Waals surface area contributed by atoms with Crippen molar-refractivity contribution in [1.29, 1.82) is 5.53 Å². The molecule has 0 spiro atoms. The summed E-state index contributed by atoms with van der Waals surface area (Å²) in [5, 5.41) is 15.8. The number of aromatic nitrogens is 2. The molecule has 33 heavy (non-hydrogen) atoms. The van der Waals surface area contributed by atoms with E-state index in [4.69, 9.17) is 17.1 Å². The lowest BCUT2D eigenvalue weighted by Gasteiger charge is -2.42. The summed E-state index contributed by atoms with van der Waals surface area (Å²) in [7, 11) is 0. The van der Waals surface area contributed by atoms with Gasteiger partial charge in [-0.25, -0.2) is 15.5 Å². The predicted molar refractivity (Wildman–Crippen MR) is 129 cm³/mol. The molecule has 2 aliphatic rings. The van der Waals surface area contributed by atoms with Crippen LogP contribution in [0.3, 0.4) is 0 Å². The van der Waals surface area contributed by atoms with E-state index in [0.29, 0.717) is 18.3 Å². The molecule has 2 aromatic carbocycles. The van der Waals surface area contributed by atoms with E-state index in [9.17, 15) is 5.11 Å². The number of aliphatic hydroxyl groups is 1. The molecule has 3 aromatic rings. The third-order valence-electron chi connectivity index (χ3n) is 7.21. The topological polar surface area (TPSA) is 85.5 Å². The van der Waals surface area contributed by atoms with Crippen LogP contribution in [0.5, 0.6) is 0 Å². The minimum atomic E-state index is -0.688. The highest BCUT2D eigenvalue weighted by molar-refractivity contribution is 6.30. The normalized spacial score (nSPS) is 23.2. The molecule has 0 saturated heterocycles. The SMILES string of the molecule is N=Nc1ncnc2c1CCN(C1CCC(O)(Cc3ccccc3-c3ccc(Cl)cc3)CC1)C2. The van der Waals surface area contributed by atoms with Crippen molar-refractivity contribution in [3.8, 4) is 11.1 Å². The summed E-state index contributed by atoms with van der Waals surface area (Å²) >= 11 is 6.07. The van der Waals surface area contributed by atoms with E-state index in [1.165, 1.54) is 11.9 Å². The summed E-state index contributed by atoms with van der Waals surface area (Å²) in [4.78, 5) is 11.0. The fourth-order valence-corrected chi connectivity index (χ4v) is 5.51. The Labute approximate surface area is 199 Å². The maximum atomic E-state index is 11.5. The van der Waals surface area contributed by atoms with Crippen molar-refractivity contribution in [3.63, 3.8) is 0 Å². The number of nitrogens with zero attached hydrogens (tertiary/aromatic N) is 4. The zero-order valence-corrected chi connectivity index (χ0v) is 19.3. The van der Waals surface area contributed by atoms with E-state index < -0.39 is 5.60 Å². The first kappa shape index (κ1) is 22.1. The third-order valence-corrected chi connectivity index (χ3v) is 7.47. The summed E-state index contributed by atoms with van der Waals surface area (Å²) in [6.45, 7) is 1.69. The molecule has 170 valence electrons. The Morgan fingerprint density at radius 1 is 1.09 bits per heavy atom. The standard InChI is InChI=1S/C26H28ClN5O/c27-20-7-5-18(6-8-20)22-4-2-1-3-19(22)15-26(33)12-9-21(10-13-26)32-14-11-23-24(16-32)29-17-30-25(23)31-28/h1-8,17,21,28,33H,9-16H2. The van der Waals surface area contributed by atoms with Gasteiger partial charge < -0.3 is 5.11 Å². The largest absolute Gasteiger partial charge is 0.390 e. The molecule has 0 amide bonds. The zero-order valence-electron chi connectivity index (χ0n) is 18.5. The van der Waals surface area contributed by atoms with Crippen LogP contribution in [0.15, 0.2) is 60.0 Å². The quantitative estimate of drug-likeness (QED) is 0.475. The van der Waals surface area contributed by atoms with Gasteiger partial charge in [-0.05, 0) is 60.9 Å². The average molecular weight is 462 g/mol. The number of halogens is 1. The molecule has 6 nitrogen and oxygen atoms in total. The molecule has 1 aromatic heterocycles. The second-order valence-electron chi connectivity index (χ2n) is 9.25. The highest BCUT2D eigenvalue weighted by Crippen LogP contribution is 2.37. The first-order valence-electron chi connectivity index (χ1n) is 11.6. The molecular formula is C26H28ClN5O. The van der Waals surface area contributed by atoms with E-state index in [2.05, 4.69) is 32.1 Å². The van der Waals surface area contributed by atoms with Crippen LogP contribution in [0.2, 0.25) is 5.02 Å². The smallest absolute Gasteiger partial charge is 0.180 e. The second kappa shape index (κ2) is 9.29. The molecule has 1 aliphatic heterocycles. The summed E-state index contributed by atoms with van der Waals surface area (Å²) in [6.07, 6.45) is 6.49. The monoisotopic (exact) mass is 461 g/mol. The Kier molecular flexibility index (Phi) is 6.23. The highest BCUT2D eigenvalue weighted by Gasteiger charge is 2.37. The van der Waals surface area contributed by atoms with Crippen LogP contribution in [-0.2, 0) is 19.4 Å². The fraction of sp³-hybridized carbons (Fsp3) is 0.385. The molecule has 1 saturated carbocycles. The zero-order chi connectivity index (χ0) is 22.8. The second-order valence-corrected chi connectivity index (χ2v) is 9.69. The molecule has 5 rings (SSSR count). The fourth-order valence-electron chi connectivity index (χ4n) is 5.39. The van der Waals surface area contributed by atoms with Crippen molar-refractivity contribution >= 4 is 17.4 Å². The predicted octanol–water partition coefficient (Wildman–Crippen LogP) is 5.73. The van der Waals surface area contributed by atoms with Crippen LogP contribution in [0.1, 0.15) is 42.5 Å². The number of hydrogen-bond donors (Lipinski definition) is 2. The first-order chi connectivity index (χ1) is 16.0. The Morgan fingerprint density at radius 2 is 1.85 bits per heavy atom. The van der Waals surface area contributed by atoms with Crippen LogP contribution in [0, 0.1) is 5.53 Å². The van der Waals surface area contributed by atoms with Gasteiger partial charge in [0.05, 0.1) is 11.3 Å². The molecule has 1 aliphatic carbocycles. The van der Waals surface area contributed by atoms with Crippen molar-refractivity contribution in [3.05, 3.63) is 76.7 Å². The molecular weight excluding hydrogens is 434 g/mol. The molecule has 0 radical (unpaired) electrons. The van der Waals surface area contributed by atoms with Gasteiger partial charge in [0.1, 0.15) is 6.33 Å². The van der Waals surface area contributed by atoms with Gasteiger partial charge in [-0.2, -0.15) is 0 Å². The van der Waals surface area contributed by atoms with E-state index in [0.717, 1.165) is 72.6 Å². The summed E-state index contributed by atoms with van der Waals surface area (Å²) in [5.74, 6) is 0.497. The van der Waals surface area contributed by atoms with Crippen molar-refractivity contribution in [2.24, 2.45) is 5.11 Å². The van der Waals surface area contributed by atoms with Gasteiger partial charge in [-0.3, -0.25) is 4.90 Å². The van der Waals surface area contributed by atoms with E-state index in [-0.39, 0.29) is 0 Å². The summed E-state index contributed by atoms with van der Waals surface area (Å²) < 4.78 is 0. The number of fused-ring (bicyclic) bond motifs is 1. The Hall–Kier alpha value is -2.67. The number of hydrogen-bond acceptors (Lipinski definition) is 6. The van der Waals surface area contributed by atoms with E-state index in [1.807, 2.05) is 36.4 Å². The molecule has 0 atom stereocenters. The number of rotatable bonds is 5. The Balaban J connectivity index is 1.26. The first-order valence-corrected chi connectivity index (χ1v) is 11.9. The van der Waals surface area contributed by atoms with Gasteiger partial charge in [0.2, 0.25) is 0 Å². The van der Waals surface area contributed by atoms with Crippen LogP contribution in [-0.4, -0.2) is 38.2 Å². The van der Waals surface area contributed by atoms with Gasteiger partial charge >= 0.3 is 0 Å². The lowest BCUT2D eigenvalue weighted by atomic mass is 9.76. The van der Waals surface area contributed by atoms with Gasteiger partial charge in [0, 0.05) is 36.1 Å². The maximum Gasteiger partial charge on any atom is 0.180 e. The van der Waals surface area contributed by atoms with E-state index >= 15 is 0 Å². The van der Waals surface area contributed by atoms with Crippen molar-refractivity contribution in [2.75, 3.05) is 6.54 Å². The molecule has 2 heterocycles. The van der Waals surface area contributed by atoms with Crippen LogP contribution < -0.4 is 0 Å². The van der Waals surface area contributed by atoms with Crippen molar-refractivity contribution in [1.82, 2.24) is 14.9 Å². The molecule has 0 bridgehead atoms. The lowest BCUT2D eigenvalue weighted by Crippen LogP contribution is -2.46.